The molecule has 0 bridgehead atoms. The normalized spacial score (nSPS) is 35.0. The van der Waals surface area contributed by atoms with E-state index in [9.17, 15) is 20.1 Å². The summed E-state index contributed by atoms with van der Waals surface area (Å²) < 4.78 is 5.54. The minimum absolute atomic E-state index is 0.0500. The van der Waals surface area contributed by atoms with Crippen molar-refractivity contribution in [1.29, 1.82) is 0 Å². The fourth-order valence-corrected chi connectivity index (χ4v) is 2.83. The highest BCUT2D eigenvalue weighted by atomic mass is 35.5. The van der Waals surface area contributed by atoms with Crippen molar-refractivity contribution in [3.8, 4) is 0 Å². The fourth-order valence-electron chi connectivity index (χ4n) is 2.45. The second kappa shape index (κ2) is 6.16. The van der Waals surface area contributed by atoms with Gasteiger partial charge in [0.25, 0.3) is 0 Å². The van der Waals surface area contributed by atoms with Gasteiger partial charge >= 0.3 is 0 Å². The Bertz CT molecular complexity index is 559. The molecule has 0 unspecified atom stereocenters. The molecule has 3 N–H and O–H groups in total. The number of rotatable bonds is 3. The van der Waals surface area contributed by atoms with Crippen LogP contribution in [0.5, 0.6) is 0 Å². The van der Waals surface area contributed by atoms with Crippen LogP contribution in [0.25, 0.3) is 0 Å². The number of fused-ring (bicyclic) bond motifs is 1. The minimum Gasteiger partial charge on any atom is -0.493 e. The molecule has 0 radical (unpaired) electrons. The van der Waals surface area contributed by atoms with Crippen molar-refractivity contribution in [3.63, 3.8) is 0 Å². The van der Waals surface area contributed by atoms with E-state index in [0.717, 1.165) is 0 Å². The van der Waals surface area contributed by atoms with E-state index in [2.05, 4.69) is 0 Å². The lowest BCUT2D eigenvalue weighted by Gasteiger charge is -2.40. The molecule has 22 heavy (non-hydrogen) atoms. The third kappa shape index (κ3) is 2.99. The van der Waals surface area contributed by atoms with Gasteiger partial charge in [0.1, 0.15) is 11.9 Å². The van der Waals surface area contributed by atoms with Gasteiger partial charge in [-0.1, -0.05) is 24.6 Å². The summed E-state index contributed by atoms with van der Waals surface area (Å²) in [7, 11) is 0. The number of ketones is 1. The number of hydrogen-bond acceptors (Lipinski definition) is 5. The molecule has 2 aliphatic rings. The largest absolute Gasteiger partial charge is 0.493 e. The van der Waals surface area contributed by atoms with Gasteiger partial charge in [0.2, 0.25) is 5.78 Å². The lowest BCUT2D eigenvalue weighted by molar-refractivity contribution is -0.150. The number of Topliss-reactive ketones (excluding diaryl/α,β-unsaturated/α-hetero) is 1. The van der Waals surface area contributed by atoms with Gasteiger partial charge in [-0.05, 0) is 31.6 Å². The van der Waals surface area contributed by atoms with Crippen molar-refractivity contribution >= 4 is 17.4 Å². The van der Waals surface area contributed by atoms with Crippen molar-refractivity contribution in [3.05, 3.63) is 34.6 Å². The average molecular weight is 329 g/mol. The van der Waals surface area contributed by atoms with Gasteiger partial charge in [0.05, 0.1) is 17.7 Å². The molecule has 0 spiro atoms. The summed E-state index contributed by atoms with van der Waals surface area (Å²) in [6.45, 7) is 4.93. The van der Waals surface area contributed by atoms with Gasteiger partial charge in [0, 0.05) is 11.8 Å². The number of hydrogen-bond donors (Lipinski definition) is 3. The third-order valence-corrected chi connectivity index (χ3v) is 4.71. The molecule has 0 aromatic carbocycles. The van der Waals surface area contributed by atoms with Gasteiger partial charge < -0.3 is 20.1 Å². The van der Waals surface area contributed by atoms with Crippen LogP contribution in [0.3, 0.4) is 0 Å². The SMILES string of the molecule is C[C@H](O)[C@@H](C)C=CC1=CC2=C(Cl)C(=O)[C@](C)(O)[C@@H](O)[C@@H]2CO1. The van der Waals surface area contributed by atoms with Gasteiger partial charge in [-0.2, -0.15) is 0 Å². The van der Waals surface area contributed by atoms with E-state index in [-0.39, 0.29) is 17.6 Å². The molecule has 0 fully saturated rings. The Balaban J connectivity index is 2.32. The van der Waals surface area contributed by atoms with E-state index in [0.29, 0.717) is 11.3 Å². The van der Waals surface area contributed by atoms with E-state index in [1.807, 2.05) is 6.92 Å². The molecule has 0 saturated heterocycles. The summed E-state index contributed by atoms with van der Waals surface area (Å²) in [5, 5.41) is 29.6. The smallest absolute Gasteiger partial charge is 0.208 e. The van der Waals surface area contributed by atoms with E-state index in [1.165, 1.54) is 6.92 Å². The standard InChI is InChI=1S/C16H21ClO5/c1-8(9(2)18)4-5-10-6-11-12(7-22-10)14(19)16(3,21)15(20)13(11)17/h4-6,8-9,12,14,18-19,21H,7H2,1-3H3/t8-,9-,12+,14-,16+/m0/s1. The van der Waals surface area contributed by atoms with Crippen LogP contribution in [-0.2, 0) is 9.53 Å². The molecule has 2 rings (SSSR count). The Kier molecular flexibility index (Phi) is 4.82. The summed E-state index contributed by atoms with van der Waals surface area (Å²) in [5.41, 5.74) is -1.43. The Morgan fingerprint density at radius 1 is 1.50 bits per heavy atom. The first-order valence-electron chi connectivity index (χ1n) is 7.22. The molecule has 122 valence electrons. The van der Waals surface area contributed by atoms with Gasteiger partial charge in [0.15, 0.2) is 5.60 Å². The monoisotopic (exact) mass is 328 g/mol. The molecule has 1 aliphatic heterocycles. The summed E-state index contributed by atoms with van der Waals surface area (Å²) in [5.74, 6) is -0.789. The second-order valence-electron chi connectivity index (χ2n) is 6.11. The highest BCUT2D eigenvalue weighted by Crippen LogP contribution is 2.40. The predicted octanol–water partition coefficient (Wildman–Crippen LogP) is 1.28. The van der Waals surface area contributed by atoms with E-state index in [4.69, 9.17) is 16.3 Å². The molecule has 0 amide bonds. The molecule has 5 atom stereocenters. The molecule has 1 aliphatic carbocycles. The van der Waals surface area contributed by atoms with Gasteiger partial charge in [-0.3, -0.25) is 4.79 Å². The van der Waals surface area contributed by atoms with Gasteiger partial charge in [-0.25, -0.2) is 0 Å². The molecular weight excluding hydrogens is 308 g/mol. The molecule has 0 aromatic rings. The predicted molar refractivity (Wildman–Crippen MR) is 82.0 cm³/mol. The van der Waals surface area contributed by atoms with E-state index >= 15 is 0 Å². The van der Waals surface area contributed by atoms with Crippen LogP contribution in [0.4, 0.5) is 0 Å². The number of allylic oxidation sites excluding steroid dienone is 2. The zero-order valence-electron chi connectivity index (χ0n) is 12.8. The van der Waals surface area contributed by atoms with Crippen LogP contribution >= 0.6 is 11.6 Å². The summed E-state index contributed by atoms with van der Waals surface area (Å²) in [4.78, 5) is 12.1. The number of ether oxygens (including phenoxy) is 1. The first-order valence-corrected chi connectivity index (χ1v) is 7.59. The van der Waals surface area contributed by atoms with Crippen LogP contribution in [0.2, 0.25) is 0 Å². The highest BCUT2D eigenvalue weighted by Gasteiger charge is 2.50. The van der Waals surface area contributed by atoms with Crippen LogP contribution < -0.4 is 0 Å². The summed E-state index contributed by atoms with van der Waals surface area (Å²) >= 11 is 6.06. The summed E-state index contributed by atoms with van der Waals surface area (Å²) in [6.07, 6.45) is 3.34. The van der Waals surface area contributed by atoms with Crippen molar-refractivity contribution in [2.45, 2.75) is 38.6 Å². The second-order valence-corrected chi connectivity index (χ2v) is 6.49. The zero-order valence-corrected chi connectivity index (χ0v) is 13.5. The van der Waals surface area contributed by atoms with Crippen LogP contribution in [-0.4, -0.2) is 45.5 Å². The number of carbonyl (C=O) groups is 1. The van der Waals surface area contributed by atoms with Gasteiger partial charge in [-0.15, -0.1) is 0 Å². The zero-order chi connectivity index (χ0) is 16.7. The number of aliphatic hydroxyl groups is 3. The van der Waals surface area contributed by atoms with Crippen molar-refractivity contribution in [2.24, 2.45) is 11.8 Å². The topological polar surface area (TPSA) is 87.0 Å². The number of carbonyl (C=O) groups excluding carboxylic acids is 1. The van der Waals surface area contributed by atoms with Crippen LogP contribution in [0, 0.1) is 11.8 Å². The minimum atomic E-state index is -1.91. The van der Waals surface area contributed by atoms with Crippen LogP contribution in [0.1, 0.15) is 20.8 Å². The molecule has 1 heterocycles. The highest BCUT2D eigenvalue weighted by molar-refractivity contribution is 6.44. The first-order chi connectivity index (χ1) is 10.2. The van der Waals surface area contributed by atoms with Crippen LogP contribution in [0.15, 0.2) is 34.6 Å². The van der Waals surface area contributed by atoms with Crippen molar-refractivity contribution in [2.75, 3.05) is 6.61 Å². The lowest BCUT2D eigenvalue weighted by atomic mass is 9.75. The lowest BCUT2D eigenvalue weighted by Crippen LogP contribution is -2.55. The average Bonchev–Trinajstić information content (AvgIpc) is 2.48. The maximum Gasteiger partial charge on any atom is 0.208 e. The molecular formula is C16H21ClO5. The summed E-state index contributed by atoms with van der Waals surface area (Å²) in [6, 6.07) is 0. The Labute approximate surface area is 134 Å². The van der Waals surface area contributed by atoms with Crippen molar-refractivity contribution < 1.29 is 24.9 Å². The maximum absolute atomic E-state index is 12.1. The van der Waals surface area contributed by atoms with E-state index < -0.39 is 29.5 Å². The van der Waals surface area contributed by atoms with Crippen molar-refractivity contribution in [1.82, 2.24) is 0 Å². The fraction of sp³-hybridized carbons (Fsp3) is 0.562. The Hall–Kier alpha value is -1.14. The molecule has 5 nitrogen and oxygen atoms in total. The molecule has 0 saturated carbocycles. The molecule has 0 aromatic heterocycles. The number of halogens is 1. The maximum atomic E-state index is 12.1. The quantitative estimate of drug-likeness (QED) is 0.726. The molecule has 6 heteroatoms. The Morgan fingerprint density at radius 3 is 2.73 bits per heavy atom. The third-order valence-electron chi connectivity index (χ3n) is 4.32. The first kappa shape index (κ1) is 17.2. The Morgan fingerprint density at radius 2 is 2.14 bits per heavy atom. The van der Waals surface area contributed by atoms with E-state index in [1.54, 1.807) is 25.2 Å². The number of aliphatic hydroxyl groups excluding tert-OH is 2.